The molecule has 0 aliphatic heterocycles. The summed E-state index contributed by atoms with van der Waals surface area (Å²) in [6.45, 7) is 1.46. The van der Waals surface area contributed by atoms with Crippen molar-refractivity contribution in [2.24, 2.45) is 0 Å². The number of carbonyl (C=O) groups is 2. The Morgan fingerprint density at radius 3 is 2.25 bits per heavy atom. The van der Waals surface area contributed by atoms with Gasteiger partial charge < -0.3 is 10.2 Å². The molecular formula is C31H36ClN3O4S. The average molecular weight is 582 g/mol. The second kappa shape index (κ2) is 13.3. The number of rotatable bonds is 11. The predicted molar refractivity (Wildman–Crippen MR) is 160 cm³/mol. The second-order valence-electron chi connectivity index (χ2n) is 10.4. The molecule has 3 aromatic carbocycles. The van der Waals surface area contributed by atoms with E-state index >= 15 is 0 Å². The summed E-state index contributed by atoms with van der Waals surface area (Å²) in [6, 6.07) is 22.9. The third-order valence-electron chi connectivity index (χ3n) is 7.28. The molecule has 0 unspecified atom stereocenters. The Bertz CT molecular complexity index is 1430. The van der Waals surface area contributed by atoms with Crippen LogP contribution in [0.4, 0.5) is 5.69 Å². The van der Waals surface area contributed by atoms with Crippen molar-refractivity contribution in [3.05, 3.63) is 101 Å². The van der Waals surface area contributed by atoms with E-state index in [0.717, 1.165) is 52.9 Å². The monoisotopic (exact) mass is 581 g/mol. The normalized spacial score (nSPS) is 14.5. The van der Waals surface area contributed by atoms with E-state index in [1.807, 2.05) is 42.5 Å². The van der Waals surface area contributed by atoms with Gasteiger partial charge >= 0.3 is 0 Å². The number of para-hydroxylation sites is 1. The van der Waals surface area contributed by atoms with E-state index < -0.39 is 28.5 Å². The molecule has 0 bridgehead atoms. The molecule has 212 valence electrons. The van der Waals surface area contributed by atoms with Crippen LogP contribution in [-0.4, -0.2) is 50.0 Å². The van der Waals surface area contributed by atoms with E-state index in [2.05, 4.69) is 5.32 Å². The molecule has 7 nitrogen and oxygen atoms in total. The highest BCUT2D eigenvalue weighted by Crippen LogP contribution is 2.24. The summed E-state index contributed by atoms with van der Waals surface area (Å²) in [7, 11) is -3.81. The molecule has 0 heterocycles. The molecule has 1 fully saturated rings. The van der Waals surface area contributed by atoms with E-state index in [1.165, 1.54) is 4.90 Å². The molecule has 0 saturated heterocycles. The zero-order chi connectivity index (χ0) is 28.7. The molecule has 4 rings (SSSR count). The Labute approximate surface area is 242 Å². The highest BCUT2D eigenvalue weighted by atomic mass is 35.5. The number of nitrogens with one attached hydrogen (secondary N) is 1. The van der Waals surface area contributed by atoms with Gasteiger partial charge in [0.15, 0.2) is 0 Å². The molecule has 0 spiro atoms. The minimum Gasteiger partial charge on any atom is -0.352 e. The third-order valence-corrected chi connectivity index (χ3v) is 8.64. The van der Waals surface area contributed by atoms with Crippen LogP contribution in [0.25, 0.3) is 0 Å². The molecule has 0 radical (unpaired) electrons. The first-order valence-corrected chi connectivity index (χ1v) is 15.8. The summed E-state index contributed by atoms with van der Waals surface area (Å²) in [5, 5.41) is 3.68. The Morgan fingerprint density at radius 1 is 0.950 bits per heavy atom. The van der Waals surface area contributed by atoms with Crippen LogP contribution in [0.15, 0.2) is 78.9 Å². The summed E-state index contributed by atoms with van der Waals surface area (Å²) in [4.78, 5) is 29.5. The summed E-state index contributed by atoms with van der Waals surface area (Å²) in [6.07, 6.45) is 5.29. The third kappa shape index (κ3) is 7.86. The quantitative estimate of drug-likeness (QED) is 0.341. The van der Waals surface area contributed by atoms with Crippen LogP contribution in [0.1, 0.15) is 42.4 Å². The van der Waals surface area contributed by atoms with Gasteiger partial charge in [0, 0.05) is 24.0 Å². The van der Waals surface area contributed by atoms with Gasteiger partial charge in [-0.3, -0.25) is 13.9 Å². The van der Waals surface area contributed by atoms with E-state index in [9.17, 15) is 18.0 Å². The van der Waals surface area contributed by atoms with Gasteiger partial charge in [0.2, 0.25) is 21.8 Å². The van der Waals surface area contributed by atoms with Gasteiger partial charge in [0.25, 0.3) is 0 Å². The van der Waals surface area contributed by atoms with Crippen molar-refractivity contribution in [1.29, 1.82) is 0 Å². The van der Waals surface area contributed by atoms with Crippen LogP contribution in [0.3, 0.4) is 0 Å². The SMILES string of the molecule is Cc1ccccc1N(CC(=O)N(Cc1cccc(Cl)c1)[C@H](Cc1ccccc1)C(=O)NC1CCCC1)S(C)(=O)=O. The first kappa shape index (κ1) is 29.6. The average Bonchev–Trinajstić information content (AvgIpc) is 3.43. The molecule has 1 aliphatic rings. The number of hydrogen-bond acceptors (Lipinski definition) is 4. The lowest BCUT2D eigenvalue weighted by atomic mass is 10.0. The number of benzene rings is 3. The standard InChI is InChI=1S/C31H36ClN3O4S/c1-23-11-6-9-18-28(23)35(40(2,38)39)22-30(36)34(21-25-14-10-15-26(32)19-25)29(20-24-12-4-3-5-13-24)31(37)33-27-16-7-8-17-27/h3-6,9-15,18-19,27,29H,7-8,16-17,20-22H2,1-2H3,(H,33,37)/t29-/m1/s1. The minimum atomic E-state index is -3.81. The Kier molecular flexibility index (Phi) is 9.87. The second-order valence-corrected chi connectivity index (χ2v) is 12.7. The number of nitrogens with zero attached hydrogens (tertiary/aromatic N) is 2. The molecule has 9 heteroatoms. The molecule has 1 saturated carbocycles. The number of carbonyl (C=O) groups excluding carboxylic acids is 2. The molecule has 1 atom stereocenters. The number of anilines is 1. The summed E-state index contributed by atoms with van der Waals surface area (Å²) >= 11 is 6.26. The van der Waals surface area contributed by atoms with Crippen molar-refractivity contribution in [3.63, 3.8) is 0 Å². The number of sulfonamides is 1. The number of aryl methyl sites for hydroxylation is 1. The fraction of sp³-hybridized carbons (Fsp3) is 0.355. The molecule has 2 amide bonds. The number of amides is 2. The Hall–Kier alpha value is -3.36. The lowest BCUT2D eigenvalue weighted by Crippen LogP contribution is -2.54. The van der Waals surface area contributed by atoms with Gasteiger partial charge in [-0.1, -0.05) is 85.1 Å². The van der Waals surface area contributed by atoms with Gasteiger partial charge in [0.1, 0.15) is 12.6 Å². The smallest absolute Gasteiger partial charge is 0.244 e. The first-order valence-electron chi connectivity index (χ1n) is 13.5. The van der Waals surface area contributed by atoms with Gasteiger partial charge in [-0.15, -0.1) is 0 Å². The minimum absolute atomic E-state index is 0.0633. The zero-order valence-corrected chi connectivity index (χ0v) is 24.5. The van der Waals surface area contributed by atoms with E-state index in [0.29, 0.717) is 10.7 Å². The Morgan fingerprint density at radius 2 is 1.60 bits per heavy atom. The van der Waals surface area contributed by atoms with Crippen molar-refractivity contribution < 1.29 is 18.0 Å². The van der Waals surface area contributed by atoms with Crippen LogP contribution >= 0.6 is 11.6 Å². The van der Waals surface area contributed by atoms with Crippen LogP contribution < -0.4 is 9.62 Å². The fourth-order valence-corrected chi connectivity index (χ4v) is 6.31. The molecule has 0 aromatic heterocycles. The number of hydrogen-bond donors (Lipinski definition) is 1. The van der Waals surface area contributed by atoms with E-state index in [1.54, 1.807) is 43.3 Å². The van der Waals surface area contributed by atoms with Gasteiger partial charge in [-0.05, 0) is 54.7 Å². The van der Waals surface area contributed by atoms with Crippen molar-refractivity contribution in [2.75, 3.05) is 17.1 Å². The largest absolute Gasteiger partial charge is 0.352 e. The summed E-state index contributed by atoms with van der Waals surface area (Å²) in [5.41, 5.74) is 2.80. The van der Waals surface area contributed by atoms with Crippen LogP contribution in [-0.2, 0) is 32.6 Å². The maximum atomic E-state index is 14.2. The highest BCUT2D eigenvalue weighted by molar-refractivity contribution is 7.92. The topological polar surface area (TPSA) is 86.8 Å². The zero-order valence-electron chi connectivity index (χ0n) is 22.9. The predicted octanol–water partition coefficient (Wildman–Crippen LogP) is 5.11. The molecule has 1 N–H and O–H groups in total. The van der Waals surface area contributed by atoms with Crippen molar-refractivity contribution in [3.8, 4) is 0 Å². The molecule has 40 heavy (non-hydrogen) atoms. The van der Waals surface area contributed by atoms with E-state index in [-0.39, 0.29) is 24.9 Å². The molecule has 1 aliphatic carbocycles. The summed E-state index contributed by atoms with van der Waals surface area (Å²) in [5.74, 6) is -0.718. The lowest BCUT2D eigenvalue weighted by molar-refractivity contribution is -0.140. The van der Waals surface area contributed by atoms with Crippen molar-refractivity contribution in [1.82, 2.24) is 10.2 Å². The summed E-state index contributed by atoms with van der Waals surface area (Å²) < 4.78 is 27.0. The maximum absolute atomic E-state index is 14.2. The number of halogens is 1. The highest BCUT2D eigenvalue weighted by Gasteiger charge is 2.34. The first-order chi connectivity index (χ1) is 19.1. The van der Waals surface area contributed by atoms with Gasteiger partial charge in [0.05, 0.1) is 11.9 Å². The van der Waals surface area contributed by atoms with Crippen LogP contribution in [0.2, 0.25) is 5.02 Å². The van der Waals surface area contributed by atoms with Crippen LogP contribution in [0.5, 0.6) is 0 Å². The molecular weight excluding hydrogens is 546 g/mol. The Balaban J connectivity index is 1.73. The van der Waals surface area contributed by atoms with Gasteiger partial charge in [-0.2, -0.15) is 0 Å². The van der Waals surface area contributed by atoms with Gasteiger partial charge in [-0.25, -0.2) is 8.42 Å². The van der Waals surface area contributed by atoms with Crippen LogP contribution in [0, 0.1) is 6.92 Å². The van der Waals surface area contributed by atoms with E-state index in [4.69, 9.17) is 11.6 Å². The van der Waals surface area contributed by atoms with Crippen molar-refractivity contribution in [2.45, 2.75) is 57.7 Å². The molecule has 3 aromatic rings. The maximum Gasteiger partial charge on any atom is 0.244 e. The lowest BCUT2D eigenvalue weighted by Gasteiger charge is -2.34. The van der Waals surface area contributed by atoms with Crippen molar-refractivity contribution >= 4 is 39.1 Å². The fourth-order valence-electron chi connectivity index (χ4n) is 5.19.